The van der Waals surface area contributed by atoms with E-state index in [2.05, 4.69) is 4.74 Å². The summed E-state index contributed by atoms with van der Waals surface area (Å²) < 4.78 is 4.56. The molecule has 0 aliphatic heterocycles. The van der Waals surface area contributed by atoms with Crippen LogP contribution in [0.25, 0.3) is 0 Å². The number of hydrogen-bond acceptors (Lipinski definition) is 2. The molecule has 0 saturated heterocycles. The lowest BCUT2D eigenvalue weighted by atomic mass is 10.5. The van der Waals surface area contributed by atoms with Gasteiger partial charge >= 0.3 is 5.97 Å². The standard InChI is InChI=1S/C6H10O2.BrH/c1-3-5-6(7)8-4-2;/h3,5H,4H2,1-2H3;1H. The van der Waals surface area contributed by atoms with Crippen LogP contribution in [0.4, 0.5) is 0 Å². The monoisotopic (exact) mass is 194 g/mol. The second-order valence-corrected chi connectivity index (χ2v) is 1.25. The van der Waals surface area contributed by atoms with Crippen molar-refractivity contribution in [2.45, 2.75) is 13.8 Å². The number of esters is 1. The van der Waals surface area contributed by atoms with Gasteiger partial charge in [0.2, 0.25) is 0 Å². The topological polar surface area (TPSA) is 26.3 Å². The molecule has 0 fully saturated rings. The summed E-state index contributed by atoms with van der Waals surface area (Å²) in [5.41, 5.74) is 0. The molecule has 0 atom stereocenters. The Labute approximate surface area is 65.7 Å². The smallest absolute Gasteiger partial charge is 0.330 e. The largest absolute Gasteiger partial charge is 0.463 e. The molecule has 0 aromatic rings. The molecule has 0 bridgehead atoms. The van der Waals surface area contributed by atoms with Crippen LogP contribution in [-0.2, 0) is 9.53 Å². The Kier molecular flexibility index (Phi) is 9.81. The van der Waals surface area contributed by atoms with Crippen molar-refractivity contribution in [3.05, 3.63) is 12.2 Å². The normalized spacial score (nSPS) is 8.67. The molecule has 9 heavy (non-hydrogen) atoms. The lowest BCUT2D eigenvalue weighted by Gasteiger charge is -1.91. The number of allylic oxidation sites excluding steroid dienone is 1. The second-order valence-electron chi connectivity index (χ2n) is 1.25. The van der Waals surface area contributed by atoms with E-state index in [1.165, 1.54) is 6.08 Å². The van der Waals surface area contributed by atoms with Gasteiger partial charge in [0, 0.05) is 6.08 Å². The molecule has 0 aromatic carbocycles. The quantitative estimate of drug-likeness (QED) is 0.495. The SMILES string of the molecule is Br.CC=CC(=O)OCC. The molecule has 0 spiro atoms. The van der Waals surface area contributed by atoms with Crippen LogP contribution in [0.1, 0.15) is 13.8 Å². The predicted molar refractivity (Wildman–Crippen MR) is 41.8 cm³/mol. The number of carbonyl (C=O) groups excluding carboxylic acids is 1. The van der Waals surface area contributed by atoms with Crippen molar-refractivity contribution >= 4 is 23.0 Å². The Balaban J connectivity index is 0. The van der Waals surface area contributed by atoms with Crippen molar-refractivity contribution in [1.29, 1.82) is 0 Å². The lowest BCUT2D eigenvalue weighted by Crippen LogP contribution is -1.98. The highest BCUT2D eigenvalue weighted by atomic mass is 79.9. The van der Waals surface area contributed by atoms with E-state index in [9.17, 15) is 4.79 Å². The molecule has 0 aliphatic carbocycles. The Bertz CT molecular complexity index is 99.2. The summed E-state index contributed by atoms with van der Waals surface area (Å²) in [5.74, 6) is -0.269. The van der Waals surface area contributed by atoms with Gasteiger partial charge in [-0.2, -0.15) is 0 Å². The number of halogens is 1. The average Bonchev–Trinajstić information content (AvgIpc) is 1.68. The highest BCUT2D eigenvalue weighted by molar-refractivity contribution is 8.93. The summed E-state index contributed by atoms with van der Waals surface area (Å²) in [7, 11) is 0. The summed E-state index contributed by atoms with van der Waals surface area (Å²) in [4.78, 5) is 10.3. The first-order chi connectivity index (χ1) is 3.81. The summed E-state index contributed by atoms with van der Waals surface area (Å²) in [6.07, 6.45) is 3.04. The molecular weight excluding hydrogens is 184 g/mol. The maximum atomic E-state index is 10.3. The highest BCUT2D eigenvalue weighted by Gasteiger charge is 1.88. The first-order valence-electron chi connectivity index (χ1n) is 2.60. The molecule has 0 saturated carbocycles. The number of rotatable bonds is 2. The van der Waals surface area contributed by atoms with E-state index in [-0.39, 0.29) is 23.0 Å². The van der Waals surface area contributed by atoms with Crippen LogP contribution in [0.2, 0.25) is 0 Å². The van der Waals surface area contributed by atoms with Crippen molar-refractivity contribution in [1.82, 2.24) is 0 Å². The Morgan fingerprint density at radius 1 is 1.67 bits per heavy atom. The maximum Gasteiger partial charge on any atom is 0.330 e. The van der Waals surface area contributed by atoms with E-state index in [0.717, 1.165) is 0 Å². The van der Waals surface area contributed by atoms with Gasteiger partial charge in [-0.05, 0) is 13.8 Å². The Hall–Kier alpha value is -0.310. The van der Waals surface area contributed by atoms with E-state index in [1.807, 2.05) is 0 Å². The minimum absolute atomic E-state index is 0. The fraction of sp³-hybridized carbons (Fsp3) is 0.500. The molecule has 3 heteroatoms. The van der Waals surface area contributed by atoms with Gasteiger partial charge in [0.05, 0.1) is 6.61 Å². The van der Waals surface area contributed by atoms with Gasteiger partial charge in [0.1, 0.15) is 0 Å². The van der Waals surface area contributed by atoms with E-state index >= 15 is 0 Å². The zero-order valence-corrected chi connectivity index (χ0v) is 7.30. The summed E-state index contributed by atoms with van der Waals surface area (Å²) >= 11 is 0. The van der Waals surface area contributed by atoms with Crippen LogP contribution in [0, 0.1) is 0 Å². The predicted octanol–water partition coefficient (Wildman–Crippen LogP) is 1.70. The molecule has 0 aliphatic rings. The summed E-state index contributed by atoms with van der Waals surface area (Å²) in [6.45, 7) is 4.00. The van der Waals surface area contributed by atoms with Crippen molar-refractivity contribution < 1.29 is 9.53 Å². The molecule has 0 N–H and O–H groups in total. The molecule has 0 radical (unpaired) electrons. The molecule has 0 rings (SSSR count). The maximum absolute atomic E-state index is 10.3. The van der Waals surface area contributed by atoms with Gasteiger partial charge in [-0.3, -0.25) is 0 Å². The highest BCUT2D eigenvalue weighted by Crippen LogP contribution is 1.78. The first-order valence-corrected chi connectivity index (χ1v) is 2.60. The van der Waals surface area contributed by atoms with Crippen LogP contribution in [0.3, 0.4) is 0 Å². The van der Waals surface area contributed by atoms with Gasteiger partial charge in [-0.1, -0.05) is 6.08 Å². The summed E-state index contributed by atoms with van der Waals surface area (Å²) in [5, 5.41) is 0. The Morgan fingerprint density at radius 2 is 2.22 bits per heavy atom. The lowest BCUT2D eigenvalue weighted by molar-refractivity contribution is -0.137. The van der Waals surface area contributed by atoms with Crippen molar-refractivity contribution in [3.8, 4) is 0 Å². The van der Waals surface area contributed by atoms with Gasteiger partial charge < -0.3 is 4.74 Å². The molecule has 0 amide bonds. The first kappa shape index (κ1) is 11.5. The fourth-order valence-corrected chi connectivity index (χ4v) is 0.326. The molecule has 54 valence electrons. The molecular formula is C6H11BrO2. The van der Waals surface area contributed by atoms with Crippen molar-refractivity contribution in [3.63, 3.8) is 0 Å². The average molecular weight is 195 g/mol. The minimum atomic E-state index is -0.269. The van der Waals surface area contributed by atoms with Crippen LogP contribution >= 0.6 is 17.0 Å². The third-order valence-electron chi connectivity index (χ3n) is 0.589. The Morgan fingerprint density at radius 3 is 2.56 bits per heavy atom. The molecule has 0 unspecified atom stereocenters. The zero-order valence-electron chi connectivity index (χ0n) is 5.59. The van der Waals surface area contributed by atoms with E-state index in [0.29, 0.717) is 6.61 Å². The van der Waals surface area contributed by atoms with Crippen molar-refractivity contribution in [2.24, 2.45) is 0 Å². The third-order valence-corrected chi connectivity index (χ3v) is 0.589. The van der Waals surface area contributed by atoms with Crippen molar-refractivity contribution in [2.75, 3.05) is 6.61 Å². The van der Waals surface area contributed by atoms with Gasteiger partial charge in [0.25, 0.3) is 0 Å². The number of ether oxygens (including phenoxy) is 1. The van der Waals surface area contributed by atoms with E-state index < -0.39 is 0 Å². The van der Waals surface area contributed by atoms with Crippen LogP contribution in [0.5, 0.6) is 0 Å². The second kappa shape index (κ2) is 7.69. The van der Waals surface area contributed by atoms with Gasteiger partial charge in [-0.25, -0.2) is 4.79 Å². The zero-order chi connectivity index (χ0) is 6.41. The third kappa shape index (κ3) is 7.69. The van der Waals surface area contributed by atoms with Gasteiger partial charge in [-0.15, -0.1) is 17.0 Å². The summed E-state index contributed by atoms with van der Waals surface area (Å²) in [6, 6.07) is 0. The van der Waals surface area contributed by atoms with Crippen LogP contribution in [-0.4, -0.2) is 12.6 Å². The number of hydrogen-bond donors (Lipinski definition) is 0. The van der Waals surface area contributed by atoms with Crippen LogP contribution < -0.4 is 0 Å². The fourth-order valence-electron chi connectivity index (χ4n) is 0.326. The van der Waals surface area contributed by atoms with Crippen LogP contribution in [0.15, 0.2) is 12.2 Å². The molecule has 0 aromatic heterocycles. The van der Waals surface area contributed by atoms with Gasteiger partial charge in [0.15, 0.2) is 0 Å². The molecule has 2 nitrogen and oxygen atoms in total. The molecule has 0 heterocycles. The van der Waals surface area contributed by atoms with E-state index in [4.69, 9.17) is 0 Å². The minimum Gasteiger partial charge on any atom is -0.463 e. The van der Waals surface area contributed by atoms with E-state index in [1.54, 1.807) is 19.9 Å². The number of carbonyl (C=O) groups is 1.